The largest absolute Gasteiger partial charge is 0.490 e. The molecule has 0 radical (unpaired) electrons. The highest BCUT2D eigenvalue weighted by Gasteiger charge is 2.53. The molecule has 1 fully saturated rings. The molecule has 1 aliphatic heterocycles. The molecule has 3 rings (SSSR count). The summed E-state index contributed by atoms with van der Waals surface area (Å²) in [5.74, 6) is 0.779. The van der Waals surface area contributed by atoms with Crippen LogP contribution in [-0.2, 0) is 16.6 Å². The highest BCUT2D eigenvalue weighted by atomic mass is 16.5. The predicted molar refractivity (Wildman–Crippen MR) is 70.0 cm³/mol. The van der Waals surface area contributed by atoms with Crippen molar-refractivity contribution in [2.45, 2.75) is 38.0 Å². The Balaban J connectivity index is 2.12. The summed E-state index contributed by atoms with van der Waals surface area (Å²) in [6.07, 6.45) is 3.05. The van der Waals surface area contributed by atoms with Gasteiger partial charge in [0.1, 0.15) is 0 Å². The summed E-state index contributed by atoms with van der Waals surface area (Å²) in [4.78, 5) is 11.5. The third-order valence-corrected chi connectivity index (χ3v) is 4.05. The van der Waals surface area contributed by atoms with Gasteiger partial charge in [0.2, 0.25) is 0 Å². The van der Waals surface area contributed by atoms with E-state index in [2.05, 4.69) is 0 Å². The van der Waals surface area contributed by atoms with Crippen molar-refractivity contribution >= 4 is 5.97 Å². The number of ether oxygens (including phenoxy) is 2. The number of carbonyl (C=O) groups is 1. The fourth-order valence-corrected chi connectivity index (χ4v) is 2.82. The second kappa shape index (κ2) is 4.44. The summed E-state index contributed by atoms with van der Waals surface area (Å²) in [6.45, 7) is 3.31. The fraction of sp³-hybridized carbons (Fsp3) is 0.533. The summed E-state index contributed by atoms with van der Waals surface area (Å²) in [6, 6.07) is 3.77. The molecule has 19 heavy (non-hydrogen) atoms. The van der Waals surface area contributed by atoms with E-state index in [1.165, 1.54) is 0 Å². The van der Waals surface area contributed by atoms with Crippen LogP contribution in [0.1, 0.15) is 37.3 Å². The Bertz CT molecular complexity index is 517. The zero-order chi connectivity index (χ0) is 13.5. The molecule has 1 N–H and O–H groups in total. The van der Waals surface area contributed by atoms with Gasteiger partial charge in [-0.25, -0.2) is 0 Å². The minimum atomic E-state index is -0.725. The topological polar surface area (TPSA) is 55.8 Å². The van der Waals surface area contributed by atoms with Gasteiger partial charge in [-0.05, 0) is 30.9 Å². The number of carboxylic acid groups (broad SMARTS) is 1. The number of hydrogen-bond acceptors (Lipinski definition) is 3. The van der Waals surface area contributed by atoms with Crippen LogP contribution in [0.5, 0.6) is 11.5 Å². The Morgan fingerprint density at radius 2 is 2.05 bits per heavy atom. The molecule has 0 unspecified atom stereocenters. The Hall–Kier alpha value is -1.71. The minimum Gasteiger partial charge on any atom is -0.490 e. The number of aliphatic carboxylic acids is 1. The highest BCUT2D eigenvalue weighted by molar-refractivity contribution is 5.86. The molecule has 102 valence electrons. The van der Waals surface area contributed by atoms with Crippen molar-refractivity contribution in [1.82, 2.24) is 0 Å². The van der Waals surface area contributed by atoms with Crippen LogP contribution >= 0.6 is 0 Å². The summed E-state index contributed by atoms with van der Waals surface area (Å²) in [5, 5.41) is 9.46. The van der Waals surface area contributed by atoms with Crippen molar-refractivity contribution < 1.29 is 19.4 Å². The first-order valence-corrected chi connectivity index (χ1v) is 6.84. The van der Waals surface area contributed by atoms with Crippen LogP contribution in [0.4, 0.5) is 0 Å². The van der Waals surface area contributed by atoms with E-state index in [1.807, 2.05) is 19.1 Å². The van der Waals surface area contributed by atoms with Crippen molar-refractivity contribution in [3.63, 3.8) is 0 Å². The lowest BCUT2D eigenvalue weighted by Crippen LogP contribution is -2.21. The van der Waals surface area contributed by atoms with E-state index in [4.69, 9.17) is 9.47 Å². The summed E-state index contributed by atoms with van der Waals surface area (Å²) >= 11 is 0. The third-order valence-electron chi connectivity index (χ3n) is 4.05. The van der Waals surface area contributed by atoms with Crippen LogP contribution < -0.4 is 9.47 Å². The molecule has 0 bridgehead atoms. The molecule has 1 aromatic carbocycles. The molecule has 4 heteroatoms. The predicted octanol–water partition coefficient (Wildman–Crippen LogP) is 2.53. The molecule has 0 spiro atoms. The van der Waals surface area contributed by atoms with E-state index >= 15 is 0 Å². The van der Waals surface area contributed by atoms with Gasteiger partial charge in [-0.1, -0.05) is 13.0 Å². The van der Waals surface area contributed by atoms with Crippen LogP contribution in [0.2, 0.25) is 0 Å². The Kier molecular flexibility index (Phi) is 2.88. The van der Waals surface area contributed by atoms with Gasteiger partial charge in [-0.15, -0.1) is 0 Å². The highest BCUT2D eigenvalue weighted by Crippen LogP contribution is 2.52. The molecule has 1 saturated carbocycles. The van der Waals surface area contributed by atoms with Gasteiger partial charge in [0.05, 0.1) is 18.6 Å². The van der Waals surface area contributed by atoms with Crippen molar-refractivity contribution in [2.75, 3.05) is 13.2 Å². The van der Waals surface area contributed by atoms with E-state index in [9.17, 15) is 9.90 Å². The van der Waals surface area contributed by atoms with Crippen molar-refractivity contribution in [2.24, 2.45) is 0 Å². The maximum absolute atomic E-state index is 11.5. The Morgan fingerprint density at radius 3 is 2.68 bits per heavy atom. The average molecular weight is 262 g/mol. The minimum absolute atomic E-state index is 0.628. The summed E-state index contributed by atoms with van der Waals surface area (Å²) < 4.78 is 11.5. The SMILES string of the molecule is CCc1c(C2(C(=O)O)CC2)ccc2c1OCCCO2. The normalized spacial score (nSPS) is 19.6. The first kappa shape index (κ1) is 12.3. The summed E-state index contributed by atoms with van der Waals surface area (Å²) in [5.41, 5.74) is 1.22. The third kappa shape index (κ3) is 1.86. The molecule has 1 heterocycles. The number of fused-ring (bicyclic) bond motifs is 1. The quantitative estimate of drug-likeness (QED) is 0.909. The first-order valence-electron chi connectivity index (χ1n) is 6.84. The zero-order valence-electron chi connectivity index (χ0n) is 11.1. The Morgan fingerprint density at radius 1 is 1.32 bits per heavy atom. The molecule has 0 saturated heterocycles. The molecular weight excluding hydrogens is 244 g/mol. The van der Waals surface area contributed by atoms with Crippen LogP contribution in [-0.4, -0.2) is 24.3 Å². The molecule has 1 aliphatic carbocycles. The number of hydrogen-bond donors (Lipinski definition) is 1. The molecule has 2 aliphatic rings. The Labute approximate surface area is 112 Å². The second-order valence-electron chi connectivity index (χ2n) is 5.21. The van der Waals surface area contributed by atoms with Crippen LogP contribution in [0.15, 0.2) is 12.1 Å². The van der Waals surface area contributed by atoms with E-state index in [-0.39, 0.29) is 0 Å². The van der Waals surface area contributed by atoms with E-state index in [0.29, 0.717) is 13.2 Å². The lowest BCUT2D eigenvalue weighted by molar-refractivity contribution is -0.140. The van der Waals surface area contributed by atoms with E-state index < -0.39 is 11.4 Å². The number of carboxylic acids is 1. The van der Waals surface area contributed by atoms with Crippen molar-refractivity contribution in [1.29, 1.82) is 0 Å². The zero-order valence-corrected chi connectivity index (χ0v) is 11.1. The molecule has 4 nitrogen and oxygen atoms in total. The van der Waals surface area contributed by atoms with Crippen molar-refractivity contribution in [3.8, 4) is 11.5 Å². The molecule has 1 aromatic rings. The summed E-state index contributed by atoms with van der Waals surface area (Å²) in [7, 11) is 0. The number of benzene rings is 1. The van der Waals surface area contributed by atoms with E-state index in [0.717, 1.165) is 48.3 Å². The van der Waals surface area contributed by atoms with Crippen molar-refractivity contribution in [3.05, 3.63) is 23.3 Å². The van der Waals surface area contributed by atoms with Gasteiger partial charge in [0.15, 0.2) is 11.5 Å². The standard InChI is InChI=1S/C15H18O4/c1-2-10-11(15(6-7-15)14(16)17)4-5-12-13(10)19-9-3-8-18-12/h4-5H,2-3,6-9H2,1H3,(H,16,17). The smallest absolute Gasteiger partial charge is 0.314 e. The van der Waals surface area contributed by atoms with Gasteiger partial charge in [0.25, 0.3) is 0 Å². The molecule has 0 amide bonds. The van der Waals surface area contributed by atoms with Gasteiger partial charge in [-0.2, -0.15) is 0 Å². The molecular formula is C15H18O4. The first-order chi connectivity index (χ1) is 9.19. The fourth-order valence-electron chi connectivity index (χ4n) is 2.82. The van der Waals surface area contributed by atoms with Crippen LogP contribution in [0.3, 0.4) is 0 Å². The van der Waals surface area contributed by atoms with Crippen LogP contribution in [0, 0.1) is 0 Å². The van der Waals surface area contributed by atoms with Gasteiger partial charge >= 0.3 is 5.97 Å². The van der Waals surface area contributed by atoms with E-state index in [1.54, 1.807) is 0 Å². The second-order valence-corrected chi connectivity index (χ2v) is 5.21. The average Bonchev–Trinajstić information content (AvgIpc) is 3.21. The lowest BCUT2D eigenvalue weighted by atomic mass is 9.89. The maximum Gasteiger partial charge on any atom is 0.314 e. The number of rotatable bonds is 3. The molecule has 0 atom stereocenters. The molecule has 0 aromatic heterocycles. The maximum atomic E-state index is 11.5. The van der Waals surface area contributed by atoms with Gasteiger partial charge in [0, 0.05) is 12.0 Å². The monoisotopic (exact) mass is 262 g/mol. The van der Waals surface area contributed by atoms with Gasteiger partial charge < -0.3 is 14.6 Å². The van der Waals surface area contributed by atoms with Gasteiger partial charge in [-0.3, -0.25) is 4.79 Å². The van der Waals surface area contributed by atoms with Crippen LogP contribution in [0.25, 0.3) is 0 Å². The lowest BCUT2D eigenvalue weighted by Gasteiger charge is -2.19.